The SMILES string of the molecule is O=C(O)C1c2ccccc2N2C(=O)c3ccccc3NC12CO. The van der Waals surface area contributed by atoms with Gasteiger partial charge in [0.1, 0.15) is 5.92 Å². The van der Waals surface area contributed by atoms with Crippen molar-refractivity contribution in [3.8, 4) is 0 Å². The van der Waals surface area contributed by atoms with Gasteiger partial charge in [-0.1, -0.05) is 30.3 Å². The van der Waals surface area contributed by atoms with Gasteiger partial charge in [0.2, 0.25) is 0 Å². The van der Waals surface area contributed by atoms with E-state index in [2.05, 4.69) is 5.32 Å². The molecule has 1 amide bonds. The van der Waals surface area contributed by atoms with E-state index >= 15 is 0 Å². The van der Waals surface area contributed by atoms with E-state index in [-0.39, 0.29) is 5.91 Å². The monoisotopic (exact) mass is 310 g/mol. The molecule has 6 nitrogen and oxygen atoms in total. The van der Waals surface area contributed by atoms with E-state index in [1.807, 2.05) is 0 Å². The van der Waals surface area contributed by atoms with Crippen LogP contribution < -0.4 is 10.2 Å². The first-order valence-corrected chi connectivity index (χ1v) is 7.24. The predicted molar refractivity (Wildman–Crippen MR) is 83.5 cm³/mol. The first-order chi connectivity index (χ1) is 11.1. The Balaban J connectivity index is 2.02. The average Bonchev–Trinajstić information content (AvgIpc) is 2.86. The fourth-order valence-corrected chi connectivity index (χ4v) is 3.63. The number of rotatable bonds is 2. The molecule has 116 valence electrons. The van der Waals surface area contributed by atoms with Crippen LogP contribution in [0.4, 0.5) is 11.4 Å². The number of carbonyl (C=O) groups excluding carboxylic acids is 1. The first kappa shape index (κ1) is 13.8. The van der Waals surface area contributed by atoms with E-state index < -0.39 is 24.2 Å². The summed E-state index contributed by atoms with van der Waals surface area (Å²) in [4.78, 5) is 26.3. The Hall–Kier alpha value is -2.86. The molecule has 2 aromatic rings. The minimum absolute atomic E-state index is 0.315. The number of fused-ring (bicyclic) bond motifs is 4. The molecule has 0 spiro atoms. The Morgan fingerprint density at radius 1 is 1.17 bits per heavy atom. The van der Waals surface area contributed by atoms with Crippen LogP contribution in [0.2, 0.25) is 0 Å². The number of para-hydroxylation sites is 2. The summed E-state index contributed by atoms with van der Waals surface area (Å²) in [7, 11) is 0. The van der Waals surface area contributed by atoms with Crippen molar-refractivity contribution >= 4 is 23.3 Å². The lowest BCUT2D eigenvalue weighted by molar-refractivity contribution is -0.140. The topological polar surface area (TPSA) is 89.9 Å². The Labute approximate surface area is 132 Å². The third-order valence-corrected chi connectivity index (χ3v) is 4.56. The summed E-state index contributed by atoms with van der Waals surface area (Å²) < 4.78 is 0. The van der Waals surface area contributed by atoms with Crippen molar-refractivity contribution in [2.24, 2.45) is 0 Å². The lowest BCUT2D eigenvalue weighted by Crippen LogP contribution is -2.63. The number of aliphatic hydroxyl groups is 1. The first-order valence-electron chi connectivity index (χ1n) is 7.24. The van der Waals surface area contributed by atoms with Crippen LogP contribution in [0.3, 0.4) is 0 Å². The smallest absolute Gasteiger partial charge is 0.315 e. The molecule has 2 aliphatic heterocycles. The molecular formula is C17H14N2O4. The van der Waals surface area contributed by atoms with E-state index in [9.17, 15) is 19.8 Å². The van der Waals surface area contributed by atoms with Crippen LogP contribution in [0.15, 0.2) is 48.5 Å². The summed E-state index contributed by atoms with van der Waals surface area (Å²) in [5.74, 6) is -2.46. The van der Waals surface area contributed by atoms with Crippen molar-refractivity contribution in [1.29, 1.82) is 0 Å². The normalized spacial score (nSPS) is 24.5. The van der Waals surface area contributed by atoms with Crippen molar-refractivity contribution in [3.05, 3.63) is 59.7 Å². The van der Waals surface area contributed by atoms with Crippen molar-refractivity contribution in [2.75, 3.05) is 16.8 Å². The van der Waals surface area contributed by atoms with E-state index in [4.69, 9.17) is 0 Å². The zero-order valence-corrected chi connectivity index (χ0v) is 12.1. The van der Waals surface area contributed by atoms with Gasteiger partial charge in [0.15, 0.2) is 5.66 Å². The van der Waals surface area contributed by atoms with Crippen LogP contribution in [0.25, 0.3) is 0 Å². The van der Waals surface area contributed by atoms with Gasteiger partial charge in [-0.05, 0) is 23.8 Å². The Kier molecular flexibility index (Phi) is 2.74. The van der Waals surface area contributed by atoms with Gasteiger partial charge in [-0.2, -0.15) is 0 Å². The van der Waals surface area contributed by atoms with Gasteiger partial charge in [-0.25, -0.2) is 0 Å². The number of hydrogen-bond donors (Lipinski definition) is 3. The molecule has 3 N–H and O–H groups in total. The van der Waals surface area contributed by atoms with E-state index in [1.165, 1.54) is 4.90 Å². The zero-order chi connectivity index (χ0) is 16.2. The number of hydrogen-bond acceptors (Lipinski definition) is 4. The quantitative estimate of drug-likeness (QED) is 0.784. The van der Waals surface area contributed by atoms with Crippen molar-refractivity contribution in [3.63, 3.8) is 0 Å². The maximum absolute atomic E-state index is 13.0. The highest BCUT2D eigenvalue weighted by Gasteiger charge is 2.59. The highest BCUT2D eigenvalue weighted by atomic mass is 16.4. The molecule has 0 aliphatic carbocycles. The van der Waals surface area contributed by atoms with Crippen molar-refractivity contribution in [2.45, 2.75) is 11.6 Å². The molecular weight excluding hydrogens is 296 g/mol. The number of carboxylic acids is 1. The minimum atomic E-state index is -1.42. The standard InChI is InChI=1S/C17H14N2O4/c20-9-17-14(16(22)23)11-6-2-4-8-13(11)19(17)15(21)10-5-1-3-7-12(10)18-17/h1-8,14,18,20H,9H2,(H,22,23). The molecule has 0 bridgehead atoms. The van der Waals surface area contributed by atoms with Gasteiger partial charge < -0.3 is 15.5 Å². The second-order valence-electron chi connectivity index (χ2n) is 5.72. The van der Waals surface area contributed by atoms with E-state index in [1.54, 1.807) is 48.5 Å². The van der Waals surface area contributed by atoms with E-state index in [0.717, 1.165) is 0 Å². The minimum Gasteiger partial charge on any atom is -0.481 e. The summed E-state index contributed by atoms with van der Waals surface area (Å²) in [5, 5.41) is 22.9. The number of aliphatic hydroxyl groups excluding tert-OH is 1. The molecule has 0 aromatic heterocycles. The molecule has 6 heteroatoms. The van der Waals surface area contributed by atoms with Crippen LogP contribution in [0, 0.1) is 0 Å². The van der Waals surface area contributed by atoms with Gasteiger partial charge in [-0.3, -0.25) is 14.5 Å². The number of nitrogens with zero attached hydrogens (tertiary/aromatic N) is 1. The molecule has 2 heterocycles. The molecule has 0 radical (unpaired) electrons. The summed E-state index contributed by atoms with van der Waals surface area (Å²) in [6.45, 7) is -0.515. The van der Waals surface area contributed by atoms with Gasteiger partial charge in [0.25, 0.3) is 5.91 Å². The van der Waals surface area contributed by atoms with Crippen molar-refractivity contribution in [1.82, 2.24) is 0 Å². The molecule has 23 heavy (non-hydrogen) atoms. The fourth-order valence-electron chi connectivity index (χ4n) is 3.63. The number of carboxylic acid groups (broad SMARTS) is 1. The lowest BCUT2D eigenvalue weighted by Gasteiger charge is -2.44. The molecule has 2 aromatic carbocycles. The second-order valence-corrected chi connectivity index (χ2v) is 5.72. The average molecular weight is 310 g/mol. The van der Waals surface area contributed by atoms with Crippen LogP contribution in [0.1, 0.15) is 21.8 Å². The van der Waals surface area contributed by atoms with Gasteiger partial charge in [-0.15, -0.1) is 0 Å². The van der Waals surface area contributed by atoms with Crippen molar-refractivity contribution < 1.29 is 19.8 Å². The number of benzene rings is 2. The molecule has 0 saturated carbocycles. The van der Waals surface area contributed by atoms with Crippen LogP contribution >= 0.6 is 0 Å². The summed E-state index contributed by atoms with van der Waals surface area (Å²) in [6, 6.07) is 13.8. The highest BCUT2D eigenvalue weighted by Crippen LogP contribution is 2.51. The Morgan fingerprint density at radius 2 is 1.87 bits per heavy atom. The molecule has 2 atom stereocenters. The number of anilines is 2. The molecule has 2 unspecified atom stereocenters. The van der Waals surface area contributed by atoms with Gasteiger partial charge >= 0.3 is 5.97 Å². The van der Waals surface area contributed by atoms with Gasteiger partial charge in [0.05, 0.1) is 17.9 Å². The number of nitrogens with one attached hydrogen (secondary N) is 1. The summed E-state index contributed by atoms with van der Waals surface area (Å²) in [5.41, 5.74) is 0.601. The third-order valence-electron chi connectivity index (χ3n) is 4.56. The van der Waals surface area contributed by atoms with Crippen LogP contribution in [-0.2, 0) is 4.79 Å². The molecule has 0 saturated heterocycles. The lowest BCUT2D eigenvalue weighted by atomic mass is 9.87. The Bertz CT molecular complexity index is 835. The van der Waals surface area contributed by atoms with E-state index in [0.29, 0.717) is 22.5 Å². The molecule has 2 aliphatic rings. The maximum atomic E-state index is 13.0. The fraction of sp³-hybridized carbons (Fsp3) is 0.176. The Morgan fingerprint density at radius 3 is 2.61 bits per heavy atom. The largest absolute Gasteiger partial charge is 0.481 e. The summed E-state index contributed by atoms with van der Waals surface area (Å²) in [6.07, 6.45) is 0. The highest BCUT2D eigenvalue weighted by molar-refractivity contribution is 6.15. The molecule has 4 rings (SSSR count). The van der Waals surface area contributed by atoms with Crippen LogP contribution in [0.5, 0.6) is 0 Å². The summed E-state index contributed by atoms with van der Waals surface area (Å²) >= 11 is 0. The molecule has 0 fully saturated rings. The van der Waals surface area contributed by atoms with Gasteiger partial charge in [0, 0.05) is 5.69 Å². The van der Waals surface area contributed by atoms with Crippen LogP contribution in [-0.4, -0.2) is 34.4 Å². The number of amides is 1. The number of carbonyl (C=O) groups is 2. The maximum Gasteiger partial charge on any atom is 0.315 e. The predicted octanol–water partition coefficient (Wildman–Crippen LogP) is 1.63. The zero-order valence-electron chi connectivity index (χ0n) is 12.1. The number of aliphatic carboxylic acids is 1. The second kappa shape index (κ2) is 4.57. The third kappa shape index (κ3) is 1.61.